The van der Waals surface area contributed by atoms with Gasteiger partial charge in [-0.2, -0.15) is 0 Å². The summed E-state index contributed by atoms with van der Waals surface area (Å²) < 4.78 is 13.1. The molecule has 0 heterocycles. The molecule has 0 aliphatic heterocycles. The Balaban J connectivity index is 2.01. The van der Waals surface area contributed by atoms with Crippen LogP contribution >= 0.6 is 11.6 Å². The molecule has 1 aromatic rings. The summed E-state index contributed by atoms with van der Waals surface area (Å²) in [5.41, 5.74) is 5.88. The Morgan fingerprint density at radius 1 is 1.50 bits per heavy atom. The zero-order valence-corrected chi connectivity index (χ0v) is 9.30. The highest BCUT2D eigenvalue weighted by Crippen LogP contribution is 2.19. The molecule has 1 fully saturated rings. The lowest BCUT2D eigenvalue weighted by Crippen LogP contribution is -2.50. The minimum Gasteiger partial charge on any atom is -0.349 e. The van der Waals surface area contributed by atoms with Gasteiger partial charge in [0.25, 0.3) is 5.91 Å². The van der Waals surface area contributed by atoms with Gasteiger partial charge < -0.3 is 11.1 Å². The Morgan fingerprint density at radius 2 is 2.19 bits per heavy atom. The van der Waals surface area contributed by atoms with Crippen LogP contribution in [0, 0.1) is 5.82 Å². The first-order valence-electron chi connectivity index (χ1n) is 5.08. The molecule has 0 bridgehead atoms. The third kappa shape index (κ3) is 2.33. The normalized spacial score (nSPS) is 23.7. The number of nitrogens with two attached hydrogens (primary N) is 1. The highest BCUT2D eigenvalue weighted by atomic mass is 35.5. The average molecular weight is 243 g/mol. The molecule has 86 valence electrons. The number of rotatable bonds is 2. The lowest BCUT2D eigenvalue weighted by Gasteiger charge is -2.32. The van der Waals surface area contributed by atoms with Crippen molar-refractivity contribution in [3.05, 3.63) is 34.6 Å². The Hall–Kier alpha value is -1.13. The number of nitrogens with one attached hydrogen (secondary N) is 1. The first kappa shape index (κ1) is 11.4. The standard InChI is InChI=1S/C11H12ClFN2O/c12-9-2-1-6(3-10(9)13)11(16)15-8-4-7(14)5-8/h1-3,7-8H,4-5,14H2,(H,15,16). The smallest absolute Gasteiger partial charge is 0.251 e. The first-order valence-corrected chi connectivity index (χ1v) is 5.45. The number of amides is 1. The molecule has 5 heteroatoms. The largest absolute Gasteiger partial charge is 0.349 e. The quantitative estimate of drug-likeness (QED) is 0.829. The van der Waals surface area contributed by atoms with E-state index in [4.69, 9.17) is 17.3 Å². The predicted octanol–water partition coefficient (Wildman–Crippen LogP) is 1.70. The maximum atomic E-state index is 13.1. The van der Waals surface area contributed by atoms with Crippen molar-refractivity contribution in [2.75, 3.05) is 0 Å². The van der Waals surface area contributed by atoms with Gasteiger partial charge in [0.15, 0.2) is 0 Å². The molecule has 1 saturated carbocycles. The van der Waals surface area contributed by atoms with Gasteiger partial charge in [0.05, 0.1) is 5.02 Å². The minimum atomic E-state index is -0.584. The van der Waals surface area contributed by atoms with E-state index in [1.165, 1.54) is 12.1 Å². The molecule has 3 N–H and O–H groups in total. The van der Waals surface area contributed by atoms with Crippen molar-refractivity contribution < 1.29 is 9.18 Å². The lowest BCUT2D eigenvalue weighted by atomic mass is 9.87. The summed E-state index contributed by atoms with van der Waals surface area (Å²) in [6.07, 6.45) is 1.56. The van der Waals surface area contributed by atoms with Gasteiger partial charge in [0, 0.05) is 17.6 Å². The summed E-state index contributed by atoms with van der Waals surface area (Å²) >= 11 is 5.53. The molecular formula is C11H12ClFN2O. The fourth-order valence-corrected chi connectivity index (χ4v) is 1.80. The van der Waals surface area contributed by atoms with Gasteiger partial charge in [-0.15, -0.1) is 0 Å². The van der Waals surface area contributed by atoms with Crippen molar-refractivity contribution >= 4 is 17.5 Å². The van der Waals surface area contributed by atoms with E-state index >= 15 is 0 Å². The molecule has 0 unspecified atom stereocenters. The molecule has 0 atom stereocenters. The second-order valence-corrected chi connectivity index (χ2v) is 4.44. The van der Waals surface area contributed by atoms with Crippen LogP contribution in [0.2, 0.25) is 5.02 Å². The van der Waals surface area contributed by atoms with E-state index in [2.05, 4.69) is 5.32 Å². The fraction of sp³-hybridized carbons (Fsp3) is 0.364. The van der Waals surface area contributed by atoms with Crippen LogP contribution in [0.3, 0.4) is 0 Å². The molecule has 0 saturated heterocycles. The summed E-state index contributed by atoms with van der Waals surface area (Å²) in [6, 6.07) is 4.29. The number of hydrogen-bond donors (Lipinski definition) is 2. The fourth-order valence-electron chi connectivity index (χ4n) is 1.69. The topological polar surface area (TPSA) is 55.1 Å². The second kappa shape index (κ2) is 4.39. The molecule has 1 amide bonds. The van der Waals surface area contributed by atoms with Crippen LogP contribution < -0.4 is 11.1 Å². The van der Waals surface area contributed by atoms with E-state index in [-0.39, 0.29) is 28.6 Å². The minimum absolute atomic E-state index is 0.0159. The molecule has 16 heavy (non-hydrogen) atoms. The van der Waals surface area contributed by atoms with Crippen molar-refractivity contribution in [1.29, 1.82) is 0 Å². The van der Waals surface area contributed by atoms with Crippen LogP contribution in [0.1, 0.15) is 23.2 Å². The van der Waals surface area contributed by atoms with Crippen LogP contribution in [0.5, 0.6) is 0 Å². The van der Waals surface area contributed by atoms with E-state index in [1.807, 2.05) is 0 Å². The maximum Gasteiger partial charge on any atom is 0.251 e. The Kier molecular flexibility index (Phi) is 3.12. The number of benzene rings is 1. The summed E-state index contributed by atoms with van der Waals surface area (Å²) in [6.45, 7) is 0. The zero-order chi connectivity index (χ0) is 11.7. The predicted molar refractivity (Wildman–Crippen MR) is 59.9 cm³/mol. The van der Waals surface area contributed by atoms with Crippen LogP contribution in [0.25, 0.3) is 0 Å². The van der Waals surface area contributed by atoms with Crippen molar-refractivity contribution in [3.8, 4) is 0 Å². The summed E-state index contributed by atoms with van der Waals surface area (Å²) in [4.78, 5) is 11.7. The molecule has 2 rings (SSSR count). The second-order valence-electron chi connectivity index (χ2n) is 4.03. The van der Waals surface area contributed by atoms with Crippen molar-refractivity contribution in [3.63, 3.8) is 0 Å². The van der Waals surface area contributed by atoms with Gasteiger partial charge in [-0.1, -0.05) is 11.6 Å². The van der Waals surface area contributed by atoms with E-state index < -0.39 is 5.82 Å². The van der Waals surface area contributed by atoms with Gasteiger partial charge >= 0.3 is 0 Å². The molecule has 0 spiro atoms. The molecule has 1 aliphatic rings. The number of carbonyl (C=O) groups is 1. The molecule has 0 radical (unpaired) electrons. The highest BCUT2D eigenvalue weighted by Gasteiger charge is 2.27. The SMILES string of the molecule is NC1CC(NC(=O)c2ccc(Cl)c(F)c2)C1. The zero-order valence-electron chi connectivity index (χ0n) is 8.54. The maximum absolute atomic E-state index is 13.1. The molecule has 1 aromatic carbocycles. The third-order valence-corrected chi connectivity index (χ3v) is 3.00. The van der Waals surface area contributed by atoms with Crippen molar-refractivity contribution in [2.45, 2.75) is 24.9 Å². The van der Waals surface area contributed by atoms with Crippen molar-refractivity contribution in [2.24, 2.45) is 5.73 Å². The van der Waals surface area contributed by atoms with Gasteiger partial charge in [0.2, 0.25) is 0 Å². The van der Waals surface area contributed by atoms with Crippen LogP contribution in [0.15, 0.2) is 18.2 Å². The average Bonchev–Trinajstić information content (AvgIpc) is 2.19. The van der Waals surface area contributed by atoms with Gasteiger partial charge in [0.1, 0.15) is 5.82 Å². The van der Waals surface area contributed by atoms with Crippen LogP contribution in [-0.4, -0.2) is 18.0 Å². The first-order chi connectivity index (χ1) is 7.56. The number of hydrogen-bond acceptors (Lipinski definition) is 2. The Labute approximate surface area is 97.8 Å². The summed E-state index contributed by atoms with van der Waals surface area (Å²) in [5.74, 6) is -0.868. The van der Waals surface area contributed by atoms with E-state index in [0.717, 1.165) is 18.9 Å². The Morgan fingerprint density at radius 3 is 2.75 bits per heavy atom. The van der Waals surface area contributed by atoms with Crippen molar-refractivity contribution in [1.82, 2.24) is 5.32 Å². The summed E-state index contributed by atoms with van der Waals surface area (Å²) in [5, 5.41) is 2.80. The van der Waals surface area contributed by atoms with E-state index in [0.29, 0.717) is 0 Å². The Bertz CT molecular complexity index is 418. The third-order valence-electron chi connectivity index (χ3n) is 2.69. The highest BCUT2D eigenvalue weighted by molar-refractivity contribution is 6.30. The van der Waals surface area contributed by atoms with Crippen LogP contribution in [0.4, 0.5) is 4.39 Å². The van der Waals surface area contributed by atoms with E-state index in [1.54, 1.807) is 0 Å². The molecule has 1 aliphatic carbocycles. The molecule has 3 nitrogen and oxygen atoms in total. The summed E-state index contributed by atoms with van der Waals surface area (Å²) in [7, 11) is 0. The molecule has 0 aromatic heterocycles. The van der Waals surface area contributed by atoms with Crippen LogP contribution in [-0.2, 0) is 0 Å². The van der Waals surface area contributed by atoms with Gasteiger partial charge in [-0.05, 0) is 31.0 Å². The van der Waals surface area contributed by atoms with Gasteiger partial charge in [-0.3, -0.25) is 4.79 Å². The molecular weight excluding hydrogens is 231 g/mol. The monoisotopic (exact) mass is 242 g/mol. The van der Waals surface area contributed by atoms with E-state index in [9.17, 15) is 9.18 Å². The number of halogens is 2. The lowest BCUT2D eigenvalue weighted by molar-refractivity contribution is 0.0910. The number of carbonyl (C=O) groups excluding carboxylic acids is 1. The van der Waals surface area contributed by atoms with Gasteiger partial charge in [-0.25, -0.2) is 4.39 Å².